The van der Waals surface area contributed by atoms with Gasteiger partial charge in [0.15, 0.2) is 0 Å². The van der Waals surface area contributed by atoms with Crippen LogP contribution in [0.1, 0.15) is 13.8 Å². The van der Waals surface area contributed by atoms with Crippen LogP contribution >= 0.6 is 11.6 Å². The van der Waals surface area contributed by atoms with E-state index in [9.17, 15) is 17.9 Å². The first-order valence-electron chi connectivity index (χ1n) is 5.37. The van der Waals surface area contributed by atoms with E-state index in [0.29, 0.717) is 0 Å². The number of aliphatic hydroxyl groups excluding tert-OH is 1. The molecule has 1 atom stereocenters. The molecular weight excluding hydrogens is 281 g/mol. The lowest BCUT2D eigenvalue weighted by Gasteiger charge is -2.15. The second-order valence-corrected chi connectivity index (χ2v) is 6.38. The number of aliphatic hydroxyl groups is 1. The van der Waals surface area contributed by atoms with Gasteiger partial charge in [-0.15, -0.1) is 0 Å². The third-order valence-corrected chi connectivity index (χ3v) is 4.34. The molecule has 102 valence electrons. The maximum Gasteiger partial charge on any atom is 0.242 e. The average molecular weight is 296 g/mol. The summed E-state index contributed by atoms with van der Waals surface area (Å²) in [5.74, 6) is -0.683. The molecule has 0 heterocycles. The first-order valence-corrected chi connectivity index (χ1v) is 7.23. The first kappa shape index (κ1) is 15.4. The lowest BCUT2D eigenvalue weighted by molar-refractivity contribution is 0.129. The van der Waals surface area contributed by atoms with Crippen LogP contribution in [0.5, 0.6) is 0 Å². The van der Waals surface area contributed by atoms with Crippen molar-refractivity contribution in [3.63, 3.8) is 0 Å². The maximum atomic E-state index is 12.8. The fourth-order valence-electron chi connectivity index (χ4n) is 1.20. The van der Waals surface area contributed by atoms with Crippen LogP contribution in [0, 0.1) is 11.7 Å². The molecule has 1 aromatic rings. The number of hydrogen-bond acceptors (Lipinski definition) is 3. The Morgan fingerprint density at radius 3 is 2.56 bits per heavy atom. The van der Waals surface area contributed by atoms with Gasteiger partial charge >= 0.3 is 0 Å². The van der Waals surface area contributed by atoms with Gasteiger partial charge in [-0.05, 0) is 24.1 Å². The minimum Gasteiger partial charge on any atom is -0.391 e. The van der Waals surface area contributed by atoms with Gasteiger partial charge in [-0.1, -0.05) is 25.4 Å². The molecule has 0 amide bonds. The van der Waals surface area contributed by atoms with Crippen molar-refractivity contribution in [2.24, 2.45) is 5.92 Å². The molecule has 18 heavy (non-hydrogen) atoms. The second-order valence-electron chi connectivity index (χ2n) is 4.24. The van der Waals surface area contributed by atoms with E-state index in [0.717, 1.165) is 18.2 Å². The molecule has 0 bridgehead atoms. The largest absolute Gasteiger partial charge is 0.391 e. The van der Waals surface area contributed by atoms with E-state index in [1.165, 1.54) is 0 Å². The van der Waals surface area contributed by atoms with Crippen molar-refractivity contribution in [2.45, 2.75) is 24.8 Å². The number of nitrogens with one attached hydrogen (secondary N) is 1. The fraction of sp³-hybridized carbons (Fsp3) is 0.455. The maximum absolute atomic E-state index is 12.8. The van der Waals surface area contributed by atoms with Gasteiger partial charge in [-0.25, -0.2) is 17.5 Å². The van der Waals surface area contributed by atoms with Crippen LogP contribution in [0.15, 0.2) is 23.1 Å². The summed E-state index contributed by atoms with van der Waals surface area (Å²) in [6.07, 6.45) is -0.793. The standard InChI is InChI=1S/C11H15ClFNO3S/c1-7(2)10(15)6-14-18(16,17)11-4-3-8(13)5-9(11)12/h3-5,7,10,14-15H,6H2,1-2H3. The first-order chi connectivity index (χ1) is 8.24. The highest BCUT2D eigenvalue weighted by molar-refractivity contribution is 7.89. The van der Waals surface area contributed by atoms with Crippen LogP contribution in [-0.2, 0) is 10.0 Å². The lowest BCUT2D eigenvalue weighted by atomic mass is 10.1. The summed E-state index contributed by atoms with van der Waals surface area (Å²) in [6, 6.07) is 3.02. The Bertz CT molecular complexity index is 519. The number of benzene rings is 1. The summed E-state index contributed by atoms with van der Waals surface area (Å²) in [7, 11) is -3.84. The minimum atomic E-state index is -3.84. The summed E-state index contributed by atoms with van der Waals surface area (Å²) in [5, 5.41) is 9.34. The van der Waals surface area contributed by atoms with Crippen LogP contribution in [0.2, 0.25) is 5.02 Å². The van der Waals surface area contributed by atoms with Gasteiger partial charge in [-0.3, -0.25) is 0 Å². The van der Waals surface area contributed by atoms with Crippen molar-refractivity contribution in [1.29, 1.82) is 0 Å². The zero-order chi connectivity index (χ0) is 13.9. The van der Waals surface area contributed by atoms with Crippen LogP contribution in [0.25, 0.3) is 0 Å². The zero-order valence-corrected chi connectivity index (χ0v) is 11.6. The third-order valence-electron chi connectivity index (χ3n) is 2.44. The van der Waals surface area contributed by atoms with Crippen molar-refractivity contribution in [2.75, 3.05) is 6.54 Å². The van der Waals surface area contributed by atoms with Gasteiger partial charge in [0.25, 0.3) is 0 Å². The van der Waals surface area contributed by atoms with Gasteiger partial charge < -0.3 is 5.11 Å². The molecule has 0 aromatic heterocycles. The molecule has 0 spiro atoms. The predicted octanol–water partition coefficient (Wildman–Crippen LogP) is 1.77. The van der Waals surface area contributed by atoms with E-state index in [-0.39, 0.29) is 22.4 Å². The van der Waals surface area contributed by atoms with Crippen LogP contribution in [0.3, 0.4) is 0 Å². The molecule has 0 aliphatic heterocycles. The summed E-state index contributed by atoms with van der Waals surface area (Å²) < 4.78 is 38.8. The Labute approximate surface area is 111 Å². The van der Waals surface area contributed by atoms with Gasteiger partial charge in [0.2, 0.25) is 10.0 Å². The van der Waals surface area contributed by atoms with E-state index < -0.39 is 21.9 Å². The lowest BCUT2D eigenvalue weighted by Crippen LogP contribution is -2.34. The Hall–Kier alpha value is -0.690. The number of hydrogen-bond donors (Lipinski definition) is 2. The summed E-state index contributed by atoms with van der Waals surface area (Å²) in [4.78, 5) is -0.207. The molecule has 0 aliphatic rings. The van der Waals surface area contributed by atoms with Crippen molar-refractivity contribution >= 4 is 21.6 Å². The van der Waals surface area contributed by atoms with Crippen molar-refractivity contribution in [3.05, 3.63) is 29.0 Å². The predicted molar refractivity (Wildman–Crippen MR) is 67.4 cm³/mol. The molecule has 0 radical (unpaired) electrons. The molecule has 1 aromatic carbocycles. The van der Waals surface area contributed by atoms with Gasteiger partial charge in [0.1, 0.15) is 10.7 Å². The molecule has 1 rings (SSSR count). The van der Waals surface area contributed by atoms with Crippen LogP contribution in [-0.4, -0.2) is 26.2 Å². The highest BCUT2D eigenvalue weighted by atomic mass is 35.5. The van der Waals surface area contributed by atoms with Crippen LogP contribution in [0.4, 0.5) is 4.39 Å². The molecule has 0 saturated heterocycles. The van der Waals surface area contributed by atoms with Gasteiger partial charge in [-0.2, -0.15) is 0 Å². The SMILES string of the molecule is CC(C)C(O)CNS(=O)(=O)c1ccc(F)cc1Cl. The quantitative estimate of drug-likeness (QED) is 0.870. The number of rotatable bonds is 5. The van der Waals surface area contributed by atoms with Crippen LogP contribution < -0.4 is 4.72 Å². The Morgan fingerprint density at radius 2 is 2.06 bits per heavy atom. The van der Waals surface area contributed by atoms with E-state index in [1.807, 2.05) is 0 Å². The third kappa shape index (κ3) is 3.91. The molecule has 4 nitrogen and oxygen atoms in total. The Kier molecular flexibility index (Phi) is 5.10. The molecule has 0 fully saturated rings. The second kappa shape index (κ2) is 5.97. The van der Waals surface area contributed by atoms with Gasteiger partial charge in [0, 0.05) is 6.54 Å². The molecule has 0 aliphatic carbocycles. The minimum absolute atomic E-state index is 0.0728. The molecule has 0 saturated carbocycles. The van der Waals surface area contributed by atoms with Crippen molar-refractivity contribution in [1.82, 2.24) is 4.72 Å². The Balaban J connectivity index is 2.87. The monoisotopic (exact) mass is 295 g/mol. The molecule has 7 heteroatoms. The van der Waals surface area contributed by atoms with Crippen molar-refractivity contribution < 1.29 is 17.9 Å². The zero-order valence-electron chi connectivity index (χ0n) is 10.0. The summed E-state index contributed by atoms with van der Waals surface area (Å²) >= 11 is 5.67. The number of halogens is 2. The van der Waals surface area contributed by atoms with E-state index in [2.05, 4.69) is 4.72 Å². The van der Waals surface area contributed by atoms with E-state index in [4.69, 9.17) is 11.6 Å². The molecule has 1 unspecified atom stereocenters. The molecule has 2 N–H and O–H groups in total. The summed E-state index contributed by atoms with van der Waals surface area (Å²) in [5.41, 5.74) is 0. The topological polar surface area (TPSA) is 66.4 Å². The highest BCUT2D eigenvalue weighted by Gasteiger charge is 2.20. The number of sulfonamides is 1. The van der Waals surface area contributed by atoms with E-state index in [1.54, 1.807) is 13.8 Å². The average Bonchev–Trinajstić information content (AvgIpc) is 2.25. The van der Waals surface area contributed by atoms with Crippen molar-refractivity contribution in [3.8, 4) is 0 Å². The van der Waals surface area contributed by atoms with Gasteiger partial charge in [0.05, 0.1) is 11.1 Å². The summed E-state index contributed by atoms with van der Waals surface area (Å²) in [6.45, 7) is 3.42. The smallest absolute Gasteiger partial charge is 0.242 e. The Morgan fingerprint density at radius 1 is 1.44 bits per heavy atom. The fourth-order valence-corrected chi connectivity index (χ4v) is 2.78. The normalized spacial score (nSPS) is 13.9. The molecular formula is C11H15ClFNO3S. The highest BCUT2D eigenvalue weighted by Crippen LogP contribution is 2.21. The van der Waals surface area contributed by atoms with E-state index >= 15 is 0 Å².